The number of nitrogens with two attached hydrogens (primary N) is 1. The molecule has 0 amide bonds. The van der Waals surface area contributed by atoms with Gasteiger partial charge in [-0.1, -0.05) is 13.8 Å². The lowest BCUT2D eigenvalue weighted by molar-refractivity contribution is 1.11. The molecule has 0 aliphatic rings. The molecule has 2 nitrogen and oxygen atoms in total. The van der Waals surface area contributed by atoms with Gasteiger partial charge in [-0.3, -0.25) is 0 Å². The van der Waals surface area contributed by atoms with Gasteiger partial charge in [0.25, 0.3) is 0 Å². The van der Waals surface area contributed by atoms with Crippen LogP contribution < -0.4 is 5.73 Å². The van der Waals surface area contributed by atoms with Crippen LogP contribution in [0.4, 0.5) is 0 Å². The lowest BCUT2D eigenvalue weighted by Gasteiger charge is -2.00. The molecular weight excluding hydrogens is 112 g/mol. The summed E-state index contributed by atoms with van der Waals surface area (Å²) >= 11 is 0. The van der Waals surface area contributed by atoms with Gasteiger partial charge in [-0.05, 0) is 24.6 Å². The van der Waals surface area contributed by atoms with Crippen molar-refractivity contribution in [3.05, 3.63) is 11.8 Å². The summed E-state index contributed by atoms with van der Waals surface area (Å²) in [6.07, 6.45) is 3.16. The summed E-state index contributed by atoms with van der Waals surface area (Å²) in [6, 6.07) is 0. The fraction of sp³-hybridized carbons (Fsp3) is 0.571. The summed E-state index contributed by atoms with van der Waals surface area (Å²) in [5.74, 6) is 0. The Morgan fingerprint density at radius 3 is 2.11 bits per heavy atom. The van der Waals surface area contributed by atoms with Crippen molar-refractivity contribution in [3.8, 4) is 0 Å². The van der Waals surface area contributed by atoms with E-state index in [9.17, 15) is 0 Å². The van der Waals surface area contributed by atoms with Crippen molar-refractivity contribution in [1.82, 2.24) is 0 Å². The third-order valence-corrected chi connectivity index (χ3v) is 1.32. The number of nitrogens with one attached hydrogen (secondary N) is 1. The van der Waals surface area contributed by atoms with Gasteiger partial charge in [0.15, 0.2) is 0 Å². The molecule has 0 saturated carbocycles. The summed E-state index contributed by atoms with van der Waals surface area (Å²) in [6.45, 7) is 3.96. The third kappa shape index (κ3) is 2.31. The average Bonchev–Trinajstić information content (AvgIpc) is 1.90. The predicted octanol–water partition coefficient (Wildman–Crippen LogP) is 1.67. The smallest absolute Gasteiger partial charge is 0.0357 e. The Morgan fingerprint density at radius 1 is 1.44 bits per heavy atom. The van der Waals surface area contributed by atoms with E-state index < -0.39 is 0 Å². The highest BCUT2D eigenvalue weighted by Gasteiger charge is 1.96. The maximum Gasteiger partial charge on any atom is 0.0357 e. The molecule has 3 N–H and O–H groups in total. The van der Waals surface area contributed by atoms with Gasteiger partial charge in [0, 0.05) is 5.71 Å². The molecule has 0 unspecified atom stereocenters. The van der Waals surface area contributed by atoms with Crippen LogP contribution in [0.1, 0.15) is 26.7 Å². The van der Waals surface area contributed by atoms with Gasteiger partial charge < -0.3 is 11.1 Å². The van der Waals surface area contributed by atoms with Crippen LogP contribution in [0.2, 0.25) is 0 Å². The van der Waals surface area contributed by atoms with Crippen LogP contribution >= 0.6 is 0 Å². The summed E-state index contributed by atoms with van der Waals surface area (Å²) in [5.41, 5.74) is 6.87. The Hall–Kier alpha value is -0.790. The second-order valence-corrected chi connectivity index (χ2v) is 1.88. The van der Waals surface area contributed by atoms with Crippen molar-refractivity contribution >= 4 is 5.71 Å². The van der Waals surface area contributed by atoms with Gasteiger partial charge in [0.1, 0.15) is 0 Å². The summed E-state index contributed by atoms with van der Waals surface area (Å²) < 4.78 is 0. The van der Waals surface area contributed by atoms with E-state index in [0.29, 0.717) is 5.71 Å². The lowest BCUT2D eigenvalue weighted by Crippen LogP contribution is -2.00. The van der Waals surface area contributed by atoms with Crippen LogP contribution in [0.25, 0.3) is 0 Å². The number of allylic oxidation sites excluding steroid dienone is 1. The van der Waals surface area contributed by atoms with Gasteiger partial charge in [-0.2, -0.15) is 0 Å². The van der Waals surface area contributed by atoms with Gasteiger partial charge in [0.2, 0.25) is 0 Å². The molecule has 0 aromatic carbocycles. The number of rotatable bonds is 3. The van der Waals surface area contributed by atoms with E-state index in [0.717, 1.165) is 18.4 Å². The van der Waals surface area contributed by atoms with Crippen molar-refractivity contribution in [2.75, 3.05) is 0 Å². The van der Waals surface area contributed by atoms with Crippen LogP contribution in [-0.2, 0) is 0 Å². The second kappa shape index (κ2) is 4.13. The minimum absolute atomic E-state index is 0.653. The molecule has 52 valence electrons. The first kappa shape index (κ1) is 8.21. The molecule has 0 aromatic heterocycles. The van der Waals surface area contributed by atoms with Gasteiger partial charge in [-0.15, -0.1) is 0 Å². The van der Waals surface area contributed by atoms with Crippen molar-refractivity contribution in [3.63, 3.8) is 0 Å². The molecule has 0 aliphatic carbocycles. The quantitative estimate of drug-likeness (QED) is 0.555. The Labute approximate surface area is 56.3 Å². The van der Waals surface area contributed by atoms with Gasteiger partial charge in [0.05, 0.1) is 0 Å². The van der Waals surface area contributed by atoms with Crippen molar-refractivity contribution in [2.45, 2.75) is 26.7 Å². The monoisotopic (exact) mass is 126 g/mol. The first-order valence-corrected chi connectivity index (χ1v) is 3.24. The average molecular weight is 126 g/mol. The molecule has 0 spiro atoms. The molecule has 0 bridgehead atoms. The second-order valence-electron chi connectivity index (χ2n) is 1.88. The van der Waals surface area contributed by atoms with E-state index in [1.54, 1.807) is 0 Å². The normalized spacial score (nSPS) is 11.6. The molecule has 0 fully saturated rings. The Morgan fingerprint density at radius 2 is 2.00 bits per heavy atom. The summed E-state index contributed by atoms with van der Waals surface area (Å²) in [5, 5.41) is 7.35. The minimum atomic E-state index is 0.653. The van der Waals surface area contributed by atoms with Crippen LogP contribution in [-0.4, -0.2) is 5.71 Å². The van der Waals surface area contributed by atoms with E-state index in [1.807, 2.05) is 13.8 Å². The molecule has 0 saturated heterocycles. The fourth-order valence-electron chi connectivity index (χ4n) is 0.659. The van der Waals surface area contributed by atoms with E-state index in [4.69, 9.17) is 11.1 Å². The molecule has 0 aliphatic heterocycles. The minimum Gasteiger partial charge on any atom is -0.404 e. The van der Waals surface area contributed by atoms with E-state index in [2.05, 4.69) is 0 Å². The lowest BCUT2D eigenvalue weighted by atomic mass is 10.1. The van der Waals surface area contributed by atoms with Crippen molar-refractivity contribution in [1.29, 1.82) is 5.41 Å². The maximum absolute atomic E-state index is 7.35. The van der Waals surface area contributed by atoms with Crippen LogP contribution in [0.3, 0.4) is 0 Å². The number of hydrogen-bond donors (Lipinski definition) is 2. The predicted molar refractivity (Wildman–Crippen MR) is 40.6 cm³/mol. The first-order chi connectivity index (χ1) is 4.26. The van der Waals surface area contributed by atoms with Crippen molar-refractivity contribution in [2.24, 2.45) is 5.73 Å². The Kier molecular flexibility index (Phi) is 3.76. The molecule has 0 atom stereocenters. The Bertz CT molecular complexity index is 125. The standard InChI is InChI=1S/C7H14N2/c1-3-6(5-8)7(9)4-2/h5,9H,3-4,8H2,1-2H3/b6-5-,9-7?. The molecule has 9 heavy (non-hydrogen) atoms. The zero-order valence-electron chi connectivity index (χ0n) is 6.07. The van der Waals surface area contributed by atoms with E-state index in [1.165, 1.54) is 6.20 Å². The Balaban J connectivity index is 3.97. The molecule has 0 aromatic rings. The molecule has 0 rings (SSSR count). The van der Waals surface area contributed by atoms with Crippen LogP contribution in [0, 0.1) is 5.41 Å². The number of hydrogen-bond acceptors (Lipinski definition) is 2. The fourth-order valence-corrected chi connectivity index (χ4v) is 0.659. The zero-order chi connectivity index (χ0) is 7.28. The highest BCUT2D eigenvalue weighted by Crippen LogP contribution is 2.02. The molecule has 2 heteroatoms. The third-order valence-electron chi connectivity index (χ3n) is 1.32. The first-order valence-electron chi connectivity index (χ1n) is 3.24. The van der Waals surface area contributed by atoms with E-state index in [-0.39, 0.29) is 0 Å². The van der Waals surface area contributed by atoms with Crippen LogP contribution in [0.5, 0.6) is 0 Å². The molecule has 0 heterocycles. The SMILES string of the molecule is CCC(=N)/C(=C\N)CC. The largest absolute Gasteiger partial charge is 0.404 e. The maximum atomic E-state index is 7.35. The van der Waals surface area contributed by atoms with Gasteiger partial charge in [-0.25, -0.2) is 0 Å². The molecular formula is C7H14N2. The highest BCUT2D eigenvalue weighted by molar-refractivity contribution is 5.97. The van der Waals surface area contributed by atoms with Gasteiger partial charge >= 0.3 is 0 Å². The van der Waals surface area contributed by atoms with Crippen LogP contribution in [0.15, 0.2) is 11.8 Å². The summed E-state index contributed by atoms with van der Waals surface area (Å²) in [7, 11) is 0. The van der Waals surface area contributed by atoms with E-state index >= 15 is 0 Å². The topological polar surface area (TPSA) is 49.9 Å². The summed E-state index contributed by atoms with van der Waals surface area (Å²) in [4.78, 5) is 0. The van der Waals surface area contributed by atoms with Crippen molar-refractivity contribution < 1.29 is 0 Å². The highest BCUT2D eigenvalue weighted by atomic mass is 14.5. The zero-order valence-corrected chi connectivity index (χ0v) is 6.07. The molecule has 0 radical (unpaired) electrons.